The van der Waals surface area contributed by atoms with Gasteiger partial charge in [0.25, 0.3) is 5.69 Å². The Morgan fingerprint density at radius 3 is 1.34 bits per heavy atom. The minimum Gasteiger partial charge on any atom is -0.258 e. The highest BCUT2D eigenvalue weighted by atomic mass is 79.9. The van der Waals surface area contributed by atoms with Gasteiger partial charge >= 0.3 is 0 Å². The Bertz CT molecular complexity index is 3160. The molecule has 68 heavy (non-hydrogen) atoms. The number of aromatic nitrogens is 5. The molecule has 0 unspecified atom stereocenters. The number of halogens is 7. The average molecular weight is 1090 g/mol. The summed E-state index contributed by atoms with van der Waals surface area (Å²) in [6.07, 6.45) is 0. The normalized spacial score (nSPS) is 10.6. The minimum atomic E-state index is -0.436. The summed E-state index contributed by atoms with van der Waals surface area (Å²) in [7, 11) is 0. The van der Waals surface area contributed by atoms with Crippen LogP contribution < -0.4 is 0 Å². The Kier molecular flexibility index (Phi) is 19.5. The number of aryl methyl sites for hydroxylation is 3. The van der Waals surface area contributed by atoms with Gasteiger partial charge in [0, 0.05) is 48.6 Å². The van der Waals surface area contributed by atoms with Gasteiger partial charge in [-0.2, -0.15) is 0 Å². The predicted octanol–water partition coefficient (Wildman–Crippen LogP) is 17.1. The van der Waals surface area contributed by atoms with Gasteiger partial charge in [-0.25, -0.2) is 0 Å². The minimum absolute atomic E-state index is 0.0433. The highest BCUT2D eigenvalue weighted by Gasteiger charge is 2.07. The van der Waals surface area contributed by atoms with Crippen LogP contribution in [0.4, 0.5) is 5.69 Å². The van der Waals surface area contributed by atoms with E-state index >= 15 is 0 Å². The third-order valence-corrected chi connectivity index (χ3v) is 12.2. The van der Waals surface area contributed by atoms with E-state index in [1.807, 2.05) is 78.9 Å². The SMILES string of the molecule is Cc1cc(C)c2nc(CCl)ccc2c1.Cc1ccc2ccc(CCl)nc2c1.ClCc1ccc2ccc(Br)cc2n1.ClCc1ccc2ccc(Cl)cc2n1.O=[N+]([O-])c1ccc2ccc(CCl)nc2c1. The number of nitrogens with zero attached hydrogens (tertiary/aromatic N) is 6. The largest absolute Gasteiger partial charge is 0.271 e. The fourth-order valence-corrected chi connectivity index (χ4v) is 8.07. The van der Waals surface area contributed by atoms with Gasteiger partial charge in [0.1, 0.15) is 0 Å². The molecule has 0 spiro atoms. The molecule has 10 rings (SSSR count). The number of rotatable bonds is 6. The summed E-state index contributed by atoms with van der Waals surface area (Å²) in [6, 6.07) is 46.4. The van der Waals surface area contributed by atoms with Gasteiger partial charge in [0.15, 0.2) is 0 Å². The number of nitro benzene ring substituents is 1. The van der Waals surface area contributed by atoms with Gasteiger partial charge in [-0.1, -0.05) is 93.8 Å². The van der Waals surface area contributed by atoms with Crippen molar-refractivity contribution in [3.05, 3.63) is 210 Å². The Morgan fingerprint density at radius 1 is 0.441 bits per heavy atom. The second-order valence-corrected chi connectivity index (χ2v) is 18.0. The summed E-state index contributed by atoms with van der Waals surface area (Å²) >= 11 is 37.7. The Balaban J connectivity index is 0.000000140. The van der Waals surface area contributed by atoms with E-state index in [4.69, 9.17) is 69.6 Å². The van der Waals surface area contributed by atoms with E-state index < -0.39 is 4.92 Å². The molecule has 0 aliphatic carbocycles. The van der Waals surface area contributed by atoms with Crippen molar-refractivity contribution < 1.29 is 4.92 Å². The van der Waals surface area contributed by atoms with Crippen molar-refractivity contribution in [1.29, 1.82) is 0 Å². The smallest absolute Gasteiger partial charge is 0.258 e. The van der Waals surface area contributed by atoms with Gasteiger partial charge in [0.2, 0.25) is 0 Å². The van der Waals surface area contributed by atoms with E-state index in [9.17, 15) is 10.1 Å². The van der Waals surface area contributed by atoms with Crippen LogP contribution in [-0.2, 0) is 29.4 Å². The third-order valence-electron chi connectivity index (χ3n) is 10.1. The lowest BCUT2D eigenvalue weighted by atomic mass is 10.1. The van der Waals surface area contributed by atoms with Crippen molar-refractivity contribution in [3.63, 3.8) is 0 Å². The second-order valence-electron chi connectivity index (χ2n) is 15.3. The number of non-ortho nitro benzene ring substituents is 1. The maximum atomic E-state index is 10.6. The molecule has 0 atom stereocenters. The number of alkyl halides is 5. The molecule has 5 heterocycles. The molecule has 0 saturated heterocycles. The summed E-state index contributed by atoms with van der Waals surface area (Å²) in [5.41, 5.74) is 12.7. The van der Waals surface area contributed by atoms with Crippen molar-refractivity contribution in [2.45, 2.75) is 50.2 Å². The van der Waals surface area contributed by atoms with Gasteiger partial charge in [-0.3, -0.25) is 35.0 Å². The number of fused-ring (bicyclic) bond motifs is 5. The fourth-order valence-electron chi connectivity index (χ4n) is 6.81. The quantitative estimate of drug-likeness (QED) is 0.0927. The zero-order valence-electron chi connectivity index (χ0n) is 37.0. The summed E-state index contributed by atoms with van der Waals surface area (Å²) in [5.74, 6) is 2.15. The maximum Gasteiger partial charge on any atom is 0.271 e. The monoisotopic (exact) mass is 1080 g/mol. The van der Waals surface area contributed by atoms with Gasteiger partial charge in [-0.15, -0.1) is 58.0 Å². The molecule has 15 heteroatoms. The van der Waals surface area contributed by atoms with Crippen LogP contribution in [0.1, 0.15) is 45.2 Å². The number of hydrogen-bond donors (Lipinski definition) is 0. The van der Waals surface area contributed by atoms with E-state index in [1.54, 1.807) is 12.1 Å². The second kappa shape index (κ2) is 25.4. The van der Waals surface area contributed by atoms with E-state index in [2.05, 4.69) is 104 Å². The fraction of sp³-hybridized carbons (Fsp3) is 0.151. The van der Waals surface area contributed by atoms with Gasteiger partial charge in [0.05, 0.1) is 90.4 Å². The molecule has 346 valence electrons. The van der Waals surface area contributed by atoms with Crippen LogP contribution in [0.15, 0.2) is 150 Å². The molecular weight excluding hydrogens is 1050 g/mol. The van der Waals surface area contributed by atoms with Crippen molar-refractivity contribution in [1.82, 2.24) is 24.9 Å². The van der Waals surface area contributed by atoms with Crippen LogP contribution in [0.5, 0.6) is 0 Å². The molecule has 0 N–H and O–H groups in total. The lowest BCUT2D eigenvalue weighted by Gasteiger charge is -2.04. The maximum absolute atomic E-state index is 10.6. The standard InChI is InChI=1S/C12H12ClN.C11H10ClN.C10H7BrClN.C10H7Cl2N.C10H7ClN2O2/c1-8-5-9(2)12-10(6-8)3-4-11(7-13)14-12;1-8-2-3-9-4-5-10(7-12)13-11(9)6-8;11-8-3-1-7-2-4-9(6-12)13-10(7)5-8;11-6-9-4-2-7-1-3-8(12)5-10(7)13-9;11-6-8-3-1-7-2-4-9(13(14)15)5-10(7)12-8/h3-6H,7H2,1-2H3;2-6H,7H2,1H3;2*1-5H,6H2;1-5H,6H2. The molecular formula is C53H43BrCl6N6O2. The van der Waals surface area contributed by atoms with Gasteiger partial charge < -0.3 is 0 Å². The van der Waals surface area contributed by atoms with Crippen LogP contribution in [0.2, 0.25) is 5.02 Å². The first-order valence-electron chi connectivity index (χ1n) is 21.0. The first kappa shape index (κ1) is 52.1. The summed E-state index contributed by atoms with van der Waals surface area (Å²) in [4.78, 5) is 32.0. The molecule has 0 aliphatic heterocycles. The molecule has 5 aromatic carbocycles. The third kappa shape index (κ3) is 14.6. The highest BCUT2D eigenvalue weighted by Crippen LogP contribution is 2.23. The van der Waals surface area contributed by atoms with Crippen LogP contribution in [-0.4, -0.2) is 29.8 Å². The molecule has 0 bridgehead atoms. The average Bonchev–Trinajstić information content (AvgIpc) is 3.35. The highest BCUT2D eigenvalue weighted by molar-refractivity contribution is 9.10. The number of hydrogen-bond acceptors (Lipinski definition) is 7. The van der Waals surface area contributed by atoms with E-state index in [1.165, 1.54) is 39.6 Å². The van der Waals surface area contributed by atoms with Crippen LogP contribution >= 0.6 is 85.5 Å². The van der Waals surface area contributed by atoms with Crippen molar-refractivity contribution in [2.24, 2.45) is 0 Å². The first-order chi connectivity index (χ1) is 32.8. The molecule has 8 nitrogen and oxygen atoms in total. The molecule has 0 saturated carbocycles. The number of pyridine rings is 5. The zero-order chi connectivity index (χ0) is 48.7. The van der Waals surface area contributed by atoms with E-state index in [0.29, 0.717) is 45.6 Å². The summed E-state index contributed by atoms with van der Waals surface area (Å²) < 4.78 is 1.04. The summed E-state index contributed by atoms with van der Waals surface area (Å²) in [5, 5.41) is 16.7. The molecule has 0 aliphatic rings. The van der Waals surface area contributed by atoms with Crippen molar-refractivity contribution >= 4 is 146 Å². The van der Waals surface area contributed by atoms with E-state index in [0.717, 1.165) is 65.5 Å². The Morgan fingerprint density at radius 2 is 0.838 bits per heavy atom. The number of nitro groups is 1. The Labute approximate surface area is 432 Å². The molecule has 0 radical (unpaired) electrons. The lowest BCUT2D eigenvalue weighted by Crippen LogP contribution is -1.90. The topological polar surface area (TPSA) is 108 Å². The summed E-state index contributed by atoms with van der Waals surface area (Å²) in [6.45, 7) is 6.25. The molecule has 5 aromatic heterocycles. The molecule has 10 aromatic rings. The van der Waals surface area contributed by atoms with E-state index in [-0.39, 0.29) is 5.69 Å². The van der Waals surface area contributed by atoms with Crippen LogP contribution in [0, 0.1) is 30.9 Å². The lowest BCUT2D eigenvalue weighted by molar-refractivity contribution is -0.384. The Hall–Kier alpha value is -5.23. The van der Waals surface area contributed by atoms with Crippen LogP contribution in [0.25, 0.3) is 54.5 Å². The van der Waals surface area contributed by atoms with Crippen molar-refractivity contribution in [2.75, 3.05) is 0 Å². The zero-order valence-corrected chi connectivity index (χ0v) is 43.2. The molecule has 0 fully saturated rings. The predicted molar refractivity (Wildman–Crippen MR) is 290 cm³/mol. The van der Waals surface area contributed by atoms with Gasteiger partial charge in [-0.05, 0) is 105 Å². The van der Waals surface area contributed by atoms with Crippen LogP contribution in [0.3, 0.4) is 0 Å². The van der Waals surface area contributed by atoms with Crippen molar-refractivity contribution in [3.8, 4) is 0 Å². The molecule has 0 amide bonds. The number of benzene rings is 5. The first-order valence-corrected chi connectivity index (χ1v) is 24.8.